The predicted molar refractivity (Wildman–Crippen MR) is 84.1 cm³/mol. The molecule has 0 spiro atoms. The highest BCUT2D eigenvalue weighted by atomic mass is 16.1. The number of anilines is 2. The Labute approximate surface area is 119 Å². The molecule has 104 valence electrons. The van der Waals surface area contributed by atoms with Crippen LogP contribution in [0.15, 0.2) is 42.5 Å². The lowest BCUT2D eigenvalue weighted by Gasteiger charge is -2.14. The van der Waals surface area contributed by atoms with Crippen LogP contribution in [0.3, 0.4) is 0 Å². The molecule has 20 heavy (non-hydrogen) atoms. The molecule has 1 amide bonds. The van der Waals surface area contributed by atoms with Crippen LogP contribution in [0.1, 0.15) is 41.3 Å². The monoisotopic (exact) mass is 268 g/mol. The van der Waals surface area contributed by atoms with E-state index in [0.717, 1.165) is 16.8 Å². The second-order valence-corrected chi connectivity index (χ2v) is 5.27. The lowest BCUT2D eigenvalue weighted by molar-refractivity contribution is 0.102. The minimum Gasteiger partial charge on any atom is -0.399 e. The highest BCUT2D eigenvalue weighted by molar-refractivity contribution is 6.06. The molecular formula is C17H20N2O. The summed E-state index contributed by atoms with van der Waals surface area (Å²) in [6.45, 7) is 6.12. The van der Waals surface area contributed by atoms with Crippen LogP contribution in [0, 0.1) is 6.92 Å². The molecular weight excluding hydrogens is 248 g/mol. The van der Waals surface area contributed by atoms with Crippen molar-refractivity contribution in [1.29, 1.82) is 0 Å². The lowest BCUT2D eigenvalue weighted by Crippen LogP contribution is -2.15. The van der Waals surface area contributed by atoms with Crippen LogP contribution in [0.4, 0.5) is 11.4 Å². The number of para-hydroxylation sites is 1. The fourth-order valence-corrected chi connectivity index (χ4v) is 2.19. The van der Waals surface area contributed by atoms with Gasteiger partial charge in [-0.25, -0.2) is 0 Å². The molecule has 0 fully saturated rings. The molecule has 0 aromatic heterocycles. The summed E-state index contributed by atoms with van der Waals surface area (Å²) in [6.07, 6.45) is 0. The lowest BCUT2D eigenvalue weighted by atomic mass is 10.0. The highest BCUT2D eigenvalue weighted by Gasteiger charge is 2.12. The smallest absolute Gasteiger partial charge is 0.256 e. The molecule has 0 aliphatic heterocycles. The summed E-state index contributed by atoms with van der Waals surface area (Å²) >= 11 is 0. The van der Waals surface area contributed by atoms with Gasteiger partial charge in [-0.05, 0) is 42.2 Å². The third kappa shape index (κ3) is 2.99. The van der Waals surface area contributed by atoms with E-state index in [1.807, 2.05) is 37.3 Å². The zero-order valence-corrected chi connectivity index (χ0v) is 12.1. The van der Waals surface area contributed by atoms with Gasteiger partial charge < -0.3 is 11.1 Å². The van der Waals surface area contributed by atoms with E-state index in [9.17, 15) is 4.79 Å². The third-order valence-electron chi connectivity index (χ3n) is 3.34. The SMILES string of the molecule is Cc1ccc(N)cc1C(=O)Nc1ccccc1C(C)C. The van der Waals surface area contributed by atoms with Crippen LogP contribution >= 0.6 is 0 Å². The van der Waals surface area contributed by atoms with Crippen molar-refractivity contribution in [2.24, 2.45) is 0 Å². The van der Waals surface area contributed by atoms with Gasteiger partial charge in [-0.2, -0.15) is 0 Å². The Bertz CT molecular complexity index is 633. The van der Waals surface area contributed by atoms with Crippen LogP contribution in [-0.4, -0.2) is 5.91 Å². The quantitative estimate of drug-likeness (QED) is 0.828. The molecule has 0 radical (unpaired) electrons. The van der Waals surface area contributed by atoms with Gasteiger partial charge in [0.15, 0.2) is 0 Å². The molecule has 0 atom stereocenters. The number of hydrogen-bond acceptors (Lipinski definition) is 2. The number of aryl methyl sites for hydroxylation is 1. The Kier molecular flexibility index (Phi) is 4.08. The molecule has 0 heterocycles. The third-order valence-corrected chi connectivity index (χ3v) is 3.34. The number of rotatable bonds is 3. The summed E-state index contributed by atoms with van der Waals surface area (Å²) in [7, 11) is 0. The Hall–Kier alpha value is -2.29. The second kappa shape index (κ2) is 5.78. The largest absolute Gasteiger partial charge is 0.399 e. The first-order valence-electron chi connectivity index (χ1n) is 6.75. The van der Waals surface area contributed by atoms with Gasteiger partial charge in [0.1, 0.15) is 0 Å². The topological polar surface area (TPSA) is 55.1 Å². The molecule has 0 aliphatic rings. The molecule has 0 aliphatic carbocycles. The van der Waals surface area contributed by atoms with E-state index in [1.54, 1.807) is 12.1 Å². The molecule has 2 aromatic rings. The molecule has 0 unspecified atom stereocenters. The van der Waals surface area contributed by atoms with Crippen molar-refractivity contribution < 1.29 is 4.79 Å². The Morgan fingerprint density at radius 2 is 1.85 bits per heavy atom. The van der Waals surface area contributed by atoms with Gasteiger partial charge in [-0.3, -0.25) is 4.79 Å². The maximum atomic E-state index is 12.4. The highest BCUT2D eigenvalue weighted by Crippen LogP contribution is 2.24. The molecule has 3 nitrogen and oxygen atoms in total. The van der Waals surface area contributed by atoms with Crippen LogP contribution in [0.5, 0.6) is 0 Å². The van der Waals surface area contributed by atoms with Crippen molar-refractivity contribution in [3.8, 4) is 0 Å². The number of nitrogen functional groups attached to an aromatic ring is 1. The number of hydrogen-bond donors (Lipinski definition) is 2. The summed E-state index contributed by atoms with van der Waals surface area (Å²) in [4.78, 5) is 12.4. The molecule has 0 saturated heterocycles. The first-order chi connectivity index (χ1) is 9.49. The standard InChI is InChI=1S/C17H20N2O/c1-11(2)14-6-4-5-7-16(14)19-17(20)15-10-13(18)9-8-12(15)3/h4-11H,18H2,1-3H3,(H,19,20). The first kappa shape index (κ1) is 14.1. The van der Waals surface area contributed by atoms with E-state index in [2.05, 4.69) is 19.2 Å². The van der Waals surface area contributed by atoms with E-state index < -0.39 is 0 Å². The molecule has 0 bridgehead atoms. The number of nitrogens with two attached hydrogens (primary N) is 1. The van der Waals surface area contributed by atoms with Crippen molar-refractivity contribution in [3.63, 3.8) is 0 Å². The summed E-state index contributed by atoms with van der Waals surface area (Å²) in [5, 5.41) is 2.98. The average molecular weight is 268 g/mol. The van der Waals surface area contributed by atoms with Crippen molar-refractivity contribution in [3.05, 3.63) is 59.2 Å². The van der Waals surface area contributed by atoms with Crippen molar-refractivity contribution in [1.82, 2.24) is 0 Å². The zero-order chi connectivity index (χ0) is 14.7. The molecule has 2 rings (SSSR count). The minimum absolute atomic E-state index is 0.122. The molecule has 0 saturated carbocycles. The number of carbonyl (C=O) groups is 1. The Morgan fingerprint density at radius 3 is 2.55 bits per heavy atom. The number of benzene rings is 2. The fourth-order valence-electron chi connectivity index (χ4n) is 2.19. The number of carbonyl (C=O) groups excluding carboxylic acids is 1. The van der Waals surface area contributed by atoms with Gasteiger partial charge in [0, 0.05) is 16.9 Å². The van der Waals surface area contributed by atoms with Crippen LogP contribution in [0.2, 0.25) is 0 Å². The van der Waals surface area contributed by atoms with Gasteiger partial charge in [-0.15, -0.1) is 0 Å². The van der Waals surface area contributed by atoms with Crippen molar-refractivity contribution >= 4 is 17.3 Å². The molecule has 2 aromatic carbocycles. The Morgan fingerprint density at radius 1 is 1.15 bits per heavy atom. The predicted octanol–water partition coefficient (Wildman–Crippen LogP) is 3.95. The number of nitrogens with one attached hydrogen (secondary N) is 1. The minimum atomic E-state index is -0.122. The van der Waals surface area contributed by atoms with E-state index in [1.165, 1.54) is 0 Å². The van der Waals surface area contributed by atoms with Gasteiger partial charge in [0.25, 0.3) is 5.91 Å². The average Bonchev–Trinajstić information content (AvgIpc) is 2.41. The molecule has 3 heteroatoms. The van der Waals surface area contributed by atoms with Gasteiger partial charge >= 0.3 is 0 Å². The first-order valence-corrected chi connectivity index (χ1v) is 6.75. The number of amides is 1. The summed E-state index contributed by atoms with van der Waals surface area (Å²) < 4.78 is 0. The van der Waals surface area contributed by atoms with Gasteiger partial charge in [0.05, 0.1) is 0 Å². The normalized spacial score (nSPS) is 10.6. The fraction of sp³-hybridized carbons (Fsp3) is 0.235. The Balaban J connectivity index is 2.31. The van der Waals surface area contributed by atoms with Gasteiger partial charge in [0.2, 0.25) is 0 Å². The zero-order valence-electron chi connectivity index (χ0n) is 12.1. The van der Waals surface area contributed by atoms with Crippen LogP contribution < -0.4 is 11.1 Å². The van der Waals surface area contributed by atoms with Crippen LogP contribution in [0.25, 0.3) is 0 Å². The second-order valence-electron chi connectivity index (χ2n) is 5.27. The van der Waals surface area contributed by atoms with E-state index in [-0.39, 0.29) is 5.91 Å². The van der Waals surface area contributed by atoms with Crippen LogP contribution in [-0.2, 0) is 0 Å². The summed E-state index contributed by atoms with van der Waals surface area (Å²) in [5.74, 6) is 0.233. The maximum absolute atomic E-state index is 12.4. The summed E-state index contributed by atoms with van der Waals surface area (Å²) in [5.41, 5.74) is 9.87. The van der Waals surface area contributed by atoms with E-state index >= 15 is 0 Å². The van der Waals surface area contributed by atoms with E-state index in [4.69, 9.17) is 5.73 Å². The van der Waals surface area contributed by atoms with E-state index in [0.29, 0.717) is 17.2 Å². The van der Waals surface area contributed by atoms with Gasteiger partial charge in [-0.1, -0.05) is 38.1 Å². The summed E-state index contributed by atoms with van der Waals surface area (Å²) in [6, 6.07) is 13.2. The molecule has 3 N–H and O–H groups in total. The van der Waals surface area contributed by atoms with Crippen molar-refractivity contribution in [2.75, 3.05) is 11.1 Å². The maximum Gasteiger partial charge on any atom is 0.256 e. The van der Waals surface area contributed by atoms with Crippen molar-refractivity contribution in [2.45, 2.75) is 26.7 Å².